The molecule has 0 atom stereocenters. The summed E-state index contributed by atoms with van der Waals surface area (Å²) in [5.74, 6) is 2.17. The molecule has 0 radical (unpaired) electrons. The van der Waals surface area contributed by atoms with Gasteiger partial charge in [-0.1, -0.05) is 115 Å². The van der Waals surface area contributed by atoms with Crippen molar-refractivity contribution >= 4 is 471 Å². The van der Waals surface area contributed by atoms with E-state index in [0.717, 1.165) is 34.2 Å². The highest BCUT2D eigenvalue weighted by atomic mass is 32.1. The predicted molar refractivity (Wildman–Crippen MR) is 501 cm³/mol. The van der Waals surface area contributed by atoms with Gasteiger partial charge in [0.2, 0.25) is 0 Å². The first-order valence-electron chi connectivity index (χ1n) is 32.2. The average Bonchev–Trinajstić information content (AvgIpc) is 1.52. The van der Waals surface area contributed by atoms with Crippen LogP contribution in [0.1, 0.15) is 0 Å². The summed E-state index contributed by atoms with van der Waals surface area (Å²) in [4.78, 5) is 17.6. The van der Waals surface area contributed by atoms with Crippen molar-refractivity contribution in [2.24, 2.45) is 0 Å². The van der Waals surface area contributed by atoms with Crippen molar-refractivity contribution in [3.8, 4) is 78.7 Å². The maximum absolute atomic E-state index is 5.87. The fraction of sp³-hybridized carbons (Fsp3) is 0. The zero-order valence-corrected chi connectivity index (χ0v) is 61.1. The molecule has 0 amide bonds. The third-order valence-electron chi connectivity index (χ3n) is 24.3. The van der Waals surface area contributed by atoms with Gasteiger partial charge in [0.1, 0.15) is 259 Å². The van der Waals surface area contributed by atoms with Gasteiger partial charge in [-0.2, -0.15) is 0 Å². The summed E-state index contributed by atoms with van der Waals surface area (Å²) < 4.78 is 2.76. The van der Waals surface area contributed by atoms with Crippen molar-refractivity contribution in [3.05, 3.63) is 0 Å². The predicted octanol–water partition coefficient (Wildman–Crippen LogP) is -43.6. The minimum Gasteiger partial charge on any atom is -0.208 e. The number of nitrogens with zero attached hydrogens (tertiary/aromatic N) is 3. The van der Waals surface area contributed by atoms with Crippen LogP contribution in [0.4, 0.5) is 0 Å². The lowest BCUT2D eigenvalue weighted by atomic mass is 9.56. The first-order chi connectivity index (χ1) is 41.0. The fourth-order valence-corrected chi connectivity index (χ4v) is 17.8. The van der Waals surface area contributed by atoms with E-state index < -0.39 is 0 Å². The molecule has 3 nitrogen and oxygen atoms in total. The molecular formula is C51H66B33N3S. The fourth-order valence-electron chi connectivity index (χ4n) is 16.2. The van der Waals surface area contributed by atoms with E-state index >= 15 is 0 Å². The van der Waals surface area contributed by atoms with Crippen LogP contribution in [0.5, 0.6) is 0 Å². The Hall–Kier alpha value is -4.87. The largest absolute Gasteiger partial charge is 0.208 e. The van der Waals surface area contributed by atoms with Crippen molar-refractivity contribution in [3.63, 3.8) is 0 Å². The molecule has 0 aliphatic rings. The summed E-state index contributed by atoms with van der Waals surface area (Å²) in [6.45, 7) is 0. The van der Waals surface area contributed by atoms with Gasteiger partial charge >= 0.3 is 0 Å². The molecule has 37 heteroatoms. The van der Waals surface area contributed by atoms with Crippen LogP contribution in [0.2, 0.25) is 0 Å². The molecule has 0 saturated carbocycles. The molecule has 2 heterocycles. The summed E-state index contributed by atoms with van der Waals surface area (Å²) >= 11 is 2.02. The Balaban J connectivity index is 1.34. The first kappa shape index (κ1) is 66.1. The standard InChI is InChI=1S/C51H66B33N3S/c52-14-5(7-26(64)36(74)28(66)9-10-29(67)37(75)27(65)8(48(10)88-47(7)9)6-24(62)42(80)46(84)43(81)25(6)63)23(61)35(73)34(72)11(14)49-85-50(12-30(68)15(53)1(16(54)31(12)69)3-19(57)38(76)44(82)39(77)20(3)58)87-51(86-49)13-32(70)17(55)2(18(56)33(13)71)4-21(59)40(78)45(83)41(79)22(4)60/h52-84H2. The monoisotopic (exact) mass is 1120 g/mol. The summed E-state index contributed by atoms with van der Waals surface area (Å²) in [6, 6.07) is 0. The first-order valence-corrected chi connectivity index (χ1v) is 33.1. The van der Waals surface area contributed by atoms with Crippen LogP contribution in [0.25, 0.3) is 98.8 Å². The molecule has 8 aromatic carbocycles. The van der Waals surface area contributed by atoms with Gasteiger partial charge < -0.3 is 0 Å². The molecule has 0 bridgehead atoms. The van der Waals surface area contributed by atoms with Gasteiger partial charge in [-0.25, -0.2) is 15.0 Å². The number of thiophene rings is 1. The summed E-state index contributed by atoms with van der Waals surface area (Å²) in [5, 5.41) is 2.79. The number of fused-ring (bicyclic) bond motifs is 3. The Morgan fingerprint density at radius 2 is 0.273 bits per heavy atom. The second-order valence-electron chi connectivity index (χ2n) is 27.6. The number of hydrogen-bond donors (Lipinski definition) is 0. The third-order valence-corrected chi connectivity index (χ3v) is 25.5. The highest BCUT2D eigenvalue weighted by Crippen LogP contribution is 2.40. The molecule has 0 unspecified atom stereocenters. The van der Waals surface area contributed by atoms with Crippen molar-refractivity contribution in [1.82, 2.24) is 15.0 Å². The van der Waals surface area contributed by atoms with Crippen LogP contribution in [0, 0.1) is 0 Å². The van der Waals surface area contributed by atoms with Crippen molar-refractivity contribution in [2.75, 3.05) is 0 Å². The maximum atomic E-state index is 5.87. The number of rotatable bonds is 7. The van der Waals surface area contributed by atoms with E-state index in [9.17, 15) is 0 Å². The van der Waals surface area contributed by atoms with Crippen LogP contribution in [0.15, 0.2) is 0 Å². The van der Waals surface area contributed by atoms with Gasteiger partial charge in [-0.15, -0.1) is 76.9 Å². The van der Waals surface area contributed by atoms with Gasteiger partial charge in [-0.3, -0.25) is 0 Å². The molecule has 0 N–H and O–H groups in total. The van der Waals surface area contributed by atoms with Crippen LogP contribution in [-0.4, -0.2) is 274 Å². The molecule has 0 fully saturated rings. The Kier molecular flexibility index (Phi) is 17.5. The summed E-state index contributed by atoms with van der Waals surface area (Å²) in [5.41, 5.74) is 57.8. The SMILES string of the molecule is Bc1c(B)c(B)c(-c2c(B)c(B)c(-c3nc(-c4c(B)c(B)c(-c5c(B)c(B)c(B)c(B)c5B)c(B)c4B)nc(-c4c(B)c(B)c(B)c(-c5c(B)c(B)c(B)c6c5sc5c(-c7c(B)c(B)c(B)c(B)c7B)c(B)c(B)c(B)c56)c4B)n3)c(B)c2B)c(B)c1B. The third kappa shape index (κ3) is 9.42. The van der Waals surface area contributed by atoms with E-state index in [0.29, 0.717) is 0 Å². The number of hydrogen-bond acceptors (Lipinski definition) is 4. The van der Waals surface area contributed by atoms with Gasteiger partial charge in [0, 0.05) is 26.1 Å². The molecule has 0 aliphatic carbocycles. The van der Waals surface area contributed by atoms with Crippen molar-refractivity contribution < 1.29 is 0 Å². The molecule has 2 aromatic heterocycles. The molecule has 0 aliphatic heterocycles. The van der Waals surface area contributed by atoms with Gasteiger partial charge in [0.15, 0.2) is 17.5 Å². The van der Waals surface area contributed by atoms with Crippen molar-refractivity contribution in [1.29, 1.82) is 0 Å². The van der Waals surface area contributed by atoms with Crippen LogP contribution < -0.4 is 180 Å². The Morgan fingerprint density at radius 3 is 0.523 bits per heavy atom. The van der Waals surface area contributed by atoms with E-state index in [1.165, 1.54) is 245 Å². The molecule has 0 spiro atoms. The van der Waals surface area contributed by atoms with Crippen LogP contribution in [-0.2, 0) is 0 Å². The summed E-state index contributed by atoms with van der Waals surface area (Å²) in [6.07, 6.45) is 0. The average molecular weight is 1110 g/mol. The second kappa shape index (κ2) is 23.4. The lowest BCUT2D eigenvalue weighted by Crippen LogP contribution is -2.57. The lowest BCUT2D eigenvalue weighted by molar-refractivity contribution is 1.08. The Bertz CT molecular complexity index is 4610. The van der Waals surface area contributed by atoms with Crippen LogP contribution >= 0.6 is 11.3 Å². The lowest BCUT2D eigenvalue weighted by Gasteiger charge is -2.28. The minimum atomic E-state index is 0.721. The smallest absolute Gasteiger partial charge is 0.162 e. The van der Waals surface area contributed by atoms with Gasteiger partial charge in [0.25, 0.3) is 0 Å². The Labute approximate surface area is 560 Å². The zero-order valence-electron chi connectivity index (χ0n) is 60.2. The molecule has 88 heavy (non-hydrogen) atoms. The van der Waals surface area contributed by atoms with Gasteiger partial charge in [-0.05, 0) is 55.3 Å². The molecule has 390 valence electrons. The normalized spacial score (nSPS) is 11.5. The molecule has 10 aromatic rings. The topological polar surface area (TPSA) is 38.7 Å². The quantitative estimate of drug-likeness (QED) is 0.149. The molecular weight excluding hydrogens is 1040 g/mol. The van der Waals surface area contributed by atoms with E-state index in [4.69, 9.17) is 15.0 Å². The van der Waals surface area contributed by atoms with E-state index in [1.807, 2.05) is 11.3 Å². The molecule has 10 rings (SSSR count). The molecule has 0 saturated heterocycles. The second-order valence-corrected chi connectivity index (χ2v) is 28.6. The highest BCUT2D eigenvalue weighted by molar-refractivity contribution is 7.27. The number of aromatic nitrogens is 3. The minimum absolute atomic E-state index is 0.721. The van der Waals surface area contributed by atoms with Crippen LogP contribution in [0.3, 0.4) is 0 Å². The van der Waals surface area contributed by atoms with E-state index in [-0.39, 0.29) is 0 Å². The van der Waals surface area contributed by atoms with E-state index in [1.54, 1.807) is 0 Å². The van der Waals surface area contributed by atoms with E-state index in [2.05, 4.69) is 259 Å². The van der Waals surface area contributed by atoms with Gasteiger partial charge in [0.05, 0.1) is 0 Å². The zero-order chi connectivity index (χ0) is 65.3. The number of benzene rings is 8. The highest BCUT2D eigenvalue weighted by Gasteiger charge is 2.31. The summed E-state index contributed by atoms with van der Waals surface area (Å²) in [7, 11) is 76.8. The van der Waals surface area contributed by atoms with Crippen molar-refractivity contribution in [2.45, 2.75) is 0 Å². The maximum Gasteiger partial charge on any atom is 0.162 e. The Morgan fingerprint density at radius 1 is 0.136 bits per heavy atom.